The van der Waals surface area contributed by atoms with Crippen molar-refractivity contribution >= 4 is 5.91 Å². The number of hydrogen-bond donors (Lipinski definition) is 2. The number of hydrogen-bond acceptors (Lipinski definition) is 2. The van der Waals surface area contributed by atoms with E-state index >= 15 is 0 Å². The van der Waals surface area contributed by atoms with E-state index in [9.17, 15) is 18.0 Å². The molecule has 2 rings (SSSR count). The molecule has 0 bridgehead atoms. The smallest absolute Gasteiger partial charge is 0.353 e. The summed E-state index contributed by atoms with van der Waals surface area (Å²) in [5.74, 6) is -0.180. The molecule has 1 unspecified atom stereocenters. The van der Waals surface area contributed by atoms with Crippen molar-refractivity contribution in [3.05, 3.63) is 35.4 Å². The van der Waals surface area contributed by atoms with E-state index in [1.54, 1.807) is 0 Å². The maximum Gasteiger partial charge on any atom is 0.416 e. The summed E-state index contributed by atoms with van der Waals surface area (Å²) in [4.78, 5) is 12.1. The molecule has 1 atom stereocenters. The number of alkyl halides is 3. The molecule has 1 aliphatic carbocycles. The first kappa shape index (κ1) is 17.8. The van der Waals surface area contributed by atoms with Crippen molar-refractivity contribution in [2.45, 2.75) is 63.2 Å². The molecule has 0 aliphatic heterocycles. The quantitative estimate of drug-likeness (QED) is 0.887. The van der Waals surface area contributed by atoms with Crippen molar-refractivity contribution < 1.29 is 18.0 Å². The van der Waals surface area contributed by atoms with Crippen LogP contribution in [0, 0.1) is 0 Å². The highest BCUT2D eigenvalue weighted by atomic mass is 19.4. The van der Waals surface area contributed by atoms with E-state index in [0.29, 0.717) is 0 Å². The Morgan fingerprint density at radius 1 is 1.22 bits per heavy atom. The predicted octanol–water partition coefficient (Wildman–Crippen LogP) is 3.59. The van der Waals surface area contributed by atoms with Gasteiger partial charge in [0.05, 0.1) is 5.56 Å². The fourth-order valence-corrected chi connectivity index (χ4v) is 2.95. The molecule has 3 nitrogen and oxygen atoms in total. The third-order valence-electron chi connectivity index (χ3n) is 4.44. The molecule has 1 fully saturated rings. The Labute approximate surface area is 134 Å². The van der Waals surface area contributed by atoms with Gasteiger partial charge < -0.3 is 11.1 Å². The van der Waals surface area contributed by atoms with E-state index in [-0.39, 0.29) is 30.3 Å². The van der Waals surface area contributed by atoms with Gasteiger partial charge in [-0.05, 0) is 49.3 Å². The molecule has 23 heavy (non-hydrogen) atoms. The number of benzene rings is 1. The second kappa shape index (κ2) is 7.34. The van der Waals surface area contributed by atoms with Gasteiger partial charge in [-0.15, -0.1) is 0 Å². The lowest BCUT2D eigenvalue weighted by molar-refractivity contribution is -0.137. The molecule has 0 radical (unpaired) electrons. The Kier molecular flexibility index (Phi) is 5.68. The summed E-state index contributed by atoms with van der Waals surface area (Å²) in [7, 11) is 0. The molecule has 0 heterocycles. The molecule has 1 aliphatic rings. The number of carbonyl (C=O) groups is 1. The monoisotopic (exact) mass is 328 g/mol. The minimum atomic E-state index is -4.33. The van der Waals surface area contributed by atoms with Crippen LogP contribution in [0.25, 0.3) is 0 Å². The van der Waals surface area contributed by atoms with Crippen molar-refractivity contribution in [1.29, 1.82) is 0 Å². The van der Waals surface area contributed by atoms with Crippen LogP contribution in [-0.4, -0.2) is 18.0 Å². The zero-order valence-corrected chi connectivity index (χ0v) is 13.2. The lowest BCUT2D eigenvalue weighted by Crippen LogP contribution is -2.40. The summed E-state index contributed by atoms with van der Waals surface area (Å²) in [6, 6.07) is 5.41. The summed E-state index contributed by atoms with van der Waals surface area (Å²) in [5, 5.41) is 3.00. The van der Waals surface area contributed by atoms with Gasteiger partial charge >= 0.3 is 6.18 Å². The van der Waals surface area contributed by atoms with Crippen LogP contribution in [0.1, 0.15) is 56.1 Å². The van der Waals surface area contributed by atoms with Crippen LogP contribution >= 0.6 is 0 Å². The molecule has 0 aromatic heterocycles. The van der Waals surface area contributed by atoms with E-state index < -0.39 is 11.7 Å². The zero-order valence-electron chi connectivity index (χ0n) is 13.2. The average molecular weight is 328 g/mol. The van der Waals surface area contributed by atoms with Crippen LogP contribution in [0.15, 0.2) is 24.3 Å². The number of carbonyl (C=O) groups excluding carboxylic acids is 1. The topological polar surface area (TPSA) is 55.1 Å². The largest absolute Gasteiger partial charge is 0.416 e. The number of nitrogens with one attached hydrogen (secondary N) is 1. The number of nitrogens with two attached hydrogens (primary N) is 1. The van der Waals surface area contributed by atoms with Crippen molar-refractivity contribution in [3.63, 3.8) is 0 Å². The van der Waals surface area contributed by atoms with Gasteiger partial charge in [0.2, 0.25) is 5.91 Å². The second-order valence-electron chi connectivity index (χ2n) is 6.40. The van der Waals surface area contributed by atoms with E-state index in [1.807, 2.05) is 6.92 Å². The van der Waals surface area contributed by atoms with Crippen LogP contribution in [-0.2, 0) is 11.0 Å². The number of halogens is 3. The lowest BCUT2D eigenvalue weighted by atomic mass is 9.91. The van der Waals surface area contributed by atoms with E-state index in [4.69, 9.17) is 5.73 Å². The molecule has 0 saturated heterocycles. The van der Waals surface area contributed by atoms with Crippen LogP contribution in [0.4, 0.5) is 13.2 Å². The van der Waals surface area contributed by atoms with Gasteiger partial charge in [0.1, 0.15) is 0 Å². The van der Waals surface area contributed by atoms with Gasteiger partial charge in [-0.25, -0.2) is 0 Å². The van der Waals surface area contributed by atoms with E-state index in [2.05, 4.69) is 5.32 Å². The molecule has 1 aromatic carbocycles. The van der Waals surface area contributed by atoms with Gasteiger partial charge in [-0.2, -0.15) is 13.2 Å². The summed E-state index contributed by atoms with van der Waals surface area (Å²) in [6.45, 7) is 1.85. The van der Waals surface area contributed by atoms with Crippen LogP contribution in [0.5, 0.6) is 0 Å². The van der Waals surface area contributed by atoms with Gasteiger partial charge in [-0.3, -0.25) is 4.79 Å². The van der Waals surface area contributed by atoms with Crippen molar-refractivity contribution in [2.24, 2.45) is 5.73 Å². The highest BCUT2D eigenvalue weighted by Gasteiger charge is 2.30. The maximum absolute atomic E-state index is 12.5. The molecule has 0 spiro atoms. The molecule has 1 saturated carbocycles. The van der Waals surface area contributed by atoms with Crippen molar-refractivity contribution in [3.8, 4) is 0 Å². The maximum atomic E-state index is 12.5. The number of amides is 1. The first-order valence-electron chi connectivity index (χ1n) is 7.98. The minimum Gasteiger partial charge on any atom is -0.353 e. The van der Waals surface area contributed by atoms with Crippen LogP contribution < -0.4 is 11.1 Å². The van der Waals surface area contributed by atoms with E-state index in [1.165, 1.54) is 12.1 Å². The Morgan fingerprint density at radius 3 is 2.30 bits per heavy atom. The normalized spacial score (nSPS) is 23.3. The van der Waals surface area contributed by atoms with Crippen LogP contribution in [0.3, 0.4) is 0 Å². The molecule has 1 amide bonds. The standard InChI is InChI=1S/C17H23F3N2O/c1-11(12-2-4-13(5-3-12)17(18,19)20)10-16(23)22-15-8-6-14(21)7-9-15/h2-5,11,14-15H,6-10,21H2,1H3,(H,22,23). The average Bonchev–Trinajstić information content (AvgIpc) is 2.49. The molecular formula is C17H23F3N2O. The van der Waals surface area contributed by atoms with Gasteiger partial charge in [0.25, 0.3) is 0 Å². The van der Waals surface area contributed by atoms with E-state index in [0.717, 1.165) is 43.4 Å². The first-order valence-corrected chi connectivity index (χ1v) is 7.98. The summed E-state index contributed by atoms with van der Waals surface area (Å²) in [6.07, 6.45) is -0.448. The van der Waals surface area contributed by atoms with Crippen molar-refractivity contribution in [2.75, 3.05) is 0 Å². The van der Waals surface area contributed by atoms with Gasteiger partial charge in [0, 0.05) is 18.5 Å². The summed E-state index contributed by atoms with van der Waals surface area (Å²) in [5.41, 5.74) is 5.90. The Hall–Kier alpha value is -1.56. The molecule has 6 heteroatoms. The van der Waals surface area contributed by atoms with Gasteiger partial charge in [-0.1, -0.05) is 19.1 Å². The summed E-state index contributed by atoms with van der Waals surface area (Å²) < 4.78 is 37.6. The third kappa shape index (κ3) is 5.23. The SMILES string of the molecule is CC(CC(=O)NC1CCC(N)CC1)c1ccc(C(F)(F)F)cc1. The second-order valence-corrected chi connectivity index (χ2v) is 6.40. The van der Waals surface area contributed by atoms with Crippen LogP contribution in [0.2, 0.25) is 0 Å². The fraction of sp³-hybridized carbons (Fsp3) is 0.588. The predicted molar refractivity (Wildman–Crippen MR) is 82.9 cm³/mol. The molecule has 128 valence electrons. The third-order valence-corrected chi connectivity index (χ3v) is 4.44. The lowest BCUT2D eigenvalue weighted by Gasteiger charge is -2.27. The molecule has 3 N–H and O–H groups in total. The number of rotatable bonds is 4. The Bertz CT molecular complexity index is 520. The highest BCUT2D eigenvalue weighted by molar-refractivity contribution is 5.77. The fourth-order valence-electron chi connectivity index (χ4n) is 2.95. The Balaban J connectivity index is 1.86. The molecule has 1 aromatic rings. The molecular weight excluding hydrogens is 305 g/mol. The Morgan fingerprint density at radius 2 is 1.78 bits per heavy atom. The minimum absolute atomic E-state index is 0.0575. The highest BCUT2D eigenvalue weighted by Crippen LogP contribution is 2.30. The van der Waals surface area contributed by atoms with Crippen molar-refractivity contribution in [1.82, 2.24) is 5.32 Å². The summed E-state index contributed by atoms with van der Waals surface area (Å²) >= 11 is 0. The zero-order chi connectivity index (χ0) is 17.0. The van der Waals surface area contributed by atoms with Gasteiger partial charge in [0.15, 0.2) is 0 Å². The first-order chi connectivity index (χ1) is 10.8.